The molecule has 0 atom stereocenters. The zero-order valence-corrected chi connectivity index (χ0v) is 15.8. The Kier molecular flexibility index (Phi) is 7.38. The summed E-state index contributed by atoms with van der Waals surface area (Å²) in [7, 11) is 2.87. The van der Waals surface area contributed by atoms with E-state index in [2.05, 4.69) is 10.6 Å². The Hall–Kier alpha value is -3.55. The first kappa shape index (κ1) is 20.8. The summed E-state index contributed by atoms with van der Waals surface area (Å²) in [5.41, 5.74) is 6.57. The minimum Gasteiger partial charge on any atom is -0.493 e. The molecule has 0 aliphatic heterocycles. The predicted octanol–water partition coefficient (Wildman–Crippen LogP) is 1.49. The third-order valence-electron chi connectivity index (χ3n) is 3.94. The lowest BCUT2D eigenvalue weighted by Crippen LogP contribution is -2.29. The molecule has 4 N–H and O–H groups in total. The minimum atomic E-state index is -0.715. The van der Waals surface area contributed by atoms with E-state index < -0.39 is 5.91 Å². The van der Waals surface area contributed by atoms with Crippen LogP contribution in [0.25, 0.3) is 0 Å². The fraction of sp³-hybridized carbons (Fsp3) is 0.250. The SMILES string of the molecule is COc1cc(NC(=O)CCNC(=O)Cc2ccccc2)c(C(N)=O)cc1OC. The number of methoxy groups -OCH3 is 2. The van der Waals surface area contributed by atoms with Crippen LogP contribution in [0.2, 0.25) is 0 Å². The van der Waals surface area contributed by atoms with Gasteiger partial charge in [-0.3, -0.25) is 14.4 Å². The maximum Gasteiger partial charge on any atom is 0.250 e. The summed E-state index contributed by atoms with van der Waals surface area (Å²) in [6, 6.07) is 12.2. The lowest BCUT2D eigenvalue weighted by molar-refractivity contribution is -0.120. The molecular weight excluding hydrogens is 362 g/mol. The van der Waals surface area contributed by atoms with E-state index in [1.807, 2.05) is 30.3 Å². The van der Waals surface area contributed by atoms with Gasteiger partial charge in [-0.15, -0.1) is 0 Å². The molecule has 2 aromatic rings. The molecule has 0 spiro atoms. The van der Waals surface area contributed by atoms with Gasteiger partial charge in [-0.1, -0.05) is 30.3 Å². The summed E-state index contributed by atoms with van der Waals surface area (Å²) >= 11 is 0. The van der Waals surface area contributed by atoms with Crippen molar-refractivity contribution in [3.63, 3.8) is 0 Å². The first-order valence-corrected chi connectivity index (χ1v) is 8.61. The number of primary amides is 1. The van der Waals surface area contributed by atoms with Crippen LogP contribution in [-0.2, 0) is 16.0 Å². The lowest BCUT2D eigenvalue weighted by Gasteiger charge is -2.14. The molecule has 0 aliphatic rings. The van der Waals surface area contributed by atoms with Crippen LogP contribution in [0.15, 0.2) is 42.5 Å². The molecule has 28 heavy (non-hydrogen) atoms. The second-order valence-electron chi connectivity index (χ2n) is 5.93. The topological polar surface area (TPSA) is 120 Å². The predicted molar refractivity (Wildman–Crippen MR) is 104 cm³/mol. The summed E-state index contributed by atoms with van der Waals surface area (Å²) in [5, 5.41) is 5.30. The zero-order valence-electron chi connectivity index (χ0n) is 15.8. The minimum absolute atomic E-state index is 0.0348. The van der Waals surface area contributed by atoms with Crippen molar-refractivity contribution in [2.24, 2.45) is 5.73 Å². The molecule has 2 aromatic carbocycles. The number of carbonyl (C=O) groups is 3. The molecule has 0 saturated carbocycles. The number of nitrogens with one attached hydrogen (secondary N) is 2. The molecular formula is C20H23N3O5. The van der Waals surface area contributed by atoms with Crippen molar-refractivity contribution >= 4 is 23.4 Å². The van der Waals surface area contributed by atoms with Crippen molar-refractivity contribution in [2.75, 3.05) is 26.1 Å². The van der Waals surface area contributed by atoms with E-state index in [-0.39, 0.29) is 42.5 Å². The van der Waals surface area contributed by atoms with Crippen LogP contribution < -0.4 is 25.8 Å². The maximum atomic E-state index is 12.2. The van der Waals surface area contributed by atoms with Crippen LogP contribution in [0.5, 0.6) is 11.5 Å². The van der Waals surface area contributed by atoms with E-state index in [9.17, 15) is 14.4 Å². The van der Waals surface area contributed by atoms with Gasteiger partial charge in [0.2, 0.25) is 11.8 Å². The smallest absolute Gasteiger partial charge is 0.250 e. The van der Waals surface area contributed by atoms with Gasteiger partial charge in [0.15, 0.2) is 11.5 Å². The van der Waals surface area contributed by atoms with E-state index in [1.54, 1.807) is 0 Å². The monoisotopic (exact) mass is 385 g/mol. The summed E-state index contributed by atoms with van der Waals surface area (Å²) in [6.07, 6.45) is 0.275. The van der Waals surface area contributed by atoms with Crippen LogP contribution in [-0.4, -0.2) is 38.5 Å². The molecule has 0 bridgehead atoms. The Morgan fingerprint density at radius 1 is 0.964 bits per heavy atom. The number of hydrogen-bond donors (Lipinski definition) is 3. The molecule has 0 saturated heterocycles. The Labute approximate surface area is 163 Å². The van der Waals surface area contributed by atoms with Gasteiger partial charge in [-0.25, -0.2) is 0 Å². The normalized spacial score (nSPS) is 10.1. The van der Waals surface area contributed by atoms with E-state index in [0.29, 0.717) is 11.5 Å². The van der Waals surface area contributed by atoms with Crippen molar-refractivity contribution in [2.45, 2.75) is 12.8 Å². The van der Waals surface area contributed by atoms with E-state index >= 15 is 0 Å². The van der Waals surface area contributed by atoms with Crippen molar-refractivity contribution in [3.05, 3.63) is 53.6 Å². The van der Waals surface area contributed by atoms with E-state index in [1.165, 1.54) is 26.4 Å². The molecule has 148 valence electrons. The lowest BCUT2D eigenvalue weighted by atomic mass is 10.1. The third-order valence-corrected chi connectivity index (χ3v) is 3.94. The first-order valence-electron chi connectivity index (χ1n) is 8.61. The highest BCUT2D eigenvalue weighted by Crippen LogP contribution is 2.33. The summed E-state index contributed by atoms with van der Waals surface area (Å²) in [4.78, 5) is 35.8. The number of amides is 3. The molecule has 0 radical (unpaired) electrons. The quantitative estimate of drug-likeness (QED) is 0.604. The number of rotatable bonds is 9. The number of hydrogen-bond acceptors (Lipinski definition) is 5. The summed E-state index contributed by atoms with van der Waals surface area (Å²) < 4.78 is 10.3. The molecule has 0 fully saturated rings. The highest BCUT2D eigenvalue weighted by atomic mass is 16.5. The number of benzene rings is 2. The van der Waals surface area contributed by atoms with Gasteiger partial charge < -0.3 is 25.8 Å². The zero-order chi connectivity index (χ0) is 20.5. The molecule has 8 nitrogen and oxygen atoms in total. The standard InChI is InChI=1S/C20H23N3O5/c1-27-16-11-14(20(21)26)15(12-17(16)28-2)23-18(24)8-9-22-19(25)10-13-6-4-3-5-7-13/h3-7,11-12H,8-10H2,1-2H3,(H2,21,26)(H,22,25)(H,23,24). The largest absolute Gasteiger partial charge is 0.493 e. The highest BCUT2D eigenvalue weighted by molar-refractivity contribution is 6.04. The summed E-state index contributed by atoms with van der Waals surface area (Å²) in [6.45, 7) is 0.163. The summed E-state index contributed by atoms with van der Waals surface area (Å²) in [5.74, 6) is -0.605. The van der Waals surface area contributed by atoms with Crippen LogP contribution in [0.1, 0.15) is 22.3 Å². The number of ether oxygens (including phenoxy) is 2. The van der Waals surface area contributed by atoms with Crippen molar-refractivity contribution in [1.82, 2.24) is 5.32 Å². The first-order chi connectivity index (χ1) is 13.4. The second-order valence-corrected chi connectivity index (χ2v) is 5.93. The number of carbonyl (C=O) groups excluding carboxylic acids is 3. The van der Waals surface area contributed by atoms with Gasteiger partial charge in [-0.05, 0) is 11.6 Å². The van der Waals surface area contributed by atoms with Gasteiger partial charge in [0.05, 0.1) is 31.9 Å². The molecule has 3 amide bonds. The fourth-order valence-corrected chi connectivity index (χ4v) is 2.56. The molecule has 0 aromatic heterocycles. The van der Waals surface area contributed by atoms with Gasteiger partial charge in [0, 0.05) is 19.0 Å². The van der Waals surface area contributed by atoms with Crippen LogP contribution in [0, 0.1) is 0 Å². The van der Waals surface area contributed by atoms with Crippen molar-refractivity contribution < 1.29 is 23.9 Å². The number of anilines is 1. The molecule has 0 unspecified atom stereocenters. The molecule has 0 aliphatic carbocycles. The Balaban J connectivity index is 1.93. The number of nitrogens with two attached hydrogens (primary N) is 1. The average Bonchev–Trinajstić information content (AvgIpc) is 2.68. The highest BCUT2D eigenvalue weighted by Gasteiger charge is 2.17. The third kappa shape index (κ3) is 5.73. The van der Waals surface area contributed by atoms with Crippen molar-refractivity contribution in [1.29, 1.82) is 0 Å². The van der Waals surface area contributed by atoms with E-state index in [4.69, 9.17) is 15.2 Å². The van der Waals surface area contributed by atoms with Crippen LogP contribution >= 0.6 is 0 Å². The maximum absolute atomic E-state index is 12.2. The van der Waals surface area contributed by atoms with Gasteiger partial charge >= 0.3 is 0 Å². The molecule has 2 rings (SSSR count). The average molecular weight is 385 g/mol. The van der Waals surface area contributed by atoms with Gasteiger partial charge in [0.1, 0.15) is 0 Å². The Morgan fingerprint density at radius 3 is 2.21 bits per heavy atom. The Morgan fingerprint density at radius 2 is 1.61 bits per heavy atom. The van der Waals surface area contributed by atoms with Gasteiger partial charge in [0.25, 0.3) is 5.91 Å². The van der Waals surface area contributed by atoms with Crippen LogP contribution in [0.3, 0.4) is 0 Å². The molecule has 8 heteroatoms. The Bertz CT molecular complexity index is 852. The molecule has 0 heterocycles. The van der Waals surface area contributed by atoms with Gasteiger partial charge in [-0.2, -0.15) is 0 Å². The van der Waals surface area contributed by atoms with Crippen molar-refractivity contribution in [3.8, 4) is 11.5 Å². The van der Waals surface area contributed by atoms with Crippen LogP contribution in [0.4, 0.5) is 5.69 Å². The fourth-order valence-electron chi connectivity index (χ4n) is 2.56. The van der Waals surface area contributed by atoms with E-state index in [0.717, 1.165) is 5.56 Å². The second kappa shape index (κ2) is 9.96.